The molecule has 0 aliphatic carbocycles. The highest BCUT2D eigenvalue weighted by atomic mass is 17.6. The number of carboxylic acids is 1. The molecule has 124 valence electrons. The van der Waals surface area contributed by atoms with Crippen molar-refractivity contribution in [1.82, 2.24) is 0 Å². The molecule has 6 nitrogen and oxygen atoms in total. The number of rotatable bonds is 15. The van der Waals surface area contributed by atoms with Crippen LogP contribution in [0.3, 0.4) is 0 Å². The van der Waals surface area contributed by atoms with Gasteiger partial charge in [0.1, 0.15) is 0 Å². The fourth-order valence-corrected chi connectivity index (χ4v) is 2.37. The van der Waals surface area contributed by atoms with Gasteiger partial charge in [0.25, 0.3) is 0 Å². The SMILES string of the molecule is C=C(CC(CCC)CCCCCCCOOOO)C(=O)O. The molecule has 0 aromatic carbocycles. The maximum Gasteiger partial charge on any atom is 0.330 e. The van der Waals surface area contributed by atoms with Gasteiger partial charge in [-0.1, -0.05) is 58.4 Å². The summed E-state index contributed by atoms with van der Waals surface area (Å²) in [4.78, 5) is 15.3. The molecule has 0 aliphatic heterocycles. The van der Waals surface area contributed by atoms with Gasteiger partial charge in [0.05, 0.1) is 6.61 Å². The van der Waals surface area contributed by atoms with Gasteiger partial charge in [0.15, 0.2) is 0 Å². The minimum atomic E-state index is -0.884. The molecule has 0 amide bonds. The number of hydrogen-bond donors (Lipinski definition) is 2. The van der Waals surface area contributed by atoms with Crippen molar-refractivity contribution in [2.75, 3.05) is 6.61 Å². The Morgan fingerprint density at radius 1 is 1.14 bits per heavy atom. The van der Waals surface area contributed by atoms with Crippen LogP contribution in [0.1, 0.15) is 64.7 Å². The van der Waals surface area contributed by atoms with Crippen molar-refractivity contribution >= 4 is 5.97 Å². The zero-order valence-corrected chi connectivity index (χ0v) is 12.9. The summed E-state index contributed by atoms with van der Waals surface area (Å²) >= 11 is 0. The summed E-state index contributed by atoms with van der Waals surface area (Å²) in [7, 11) is 0. The van der Waals surface area contributed by atoms with Crippen LogP contribution in [0, 0.1) is 5.92 Å². The smallest absolute Gasteiger partial charge is 0.330 e. The predicted octanol–water partition coefficient (Wildman–Crippen LogP) is 4.13. The lowest BCUT2D eigenvalue weighted by Gasteiger charge is -2.15. The summed E-state index contributed by atoms with van der Waals surface area (Å²) in [5.41, 5.74) is 0.316. The first kappa shape index (κ1) is 20.1. The van der Waals surface area contributed by atoms with Gasteiger partial charge >= 0.3 is 5.97 Å². The molecule has 0 spiro atoms. The summed E-state index contributed by atoms with van der Waals surface area (Å²) in [5, 5.41) is 23.9. The highest BCUT2D eigenvalue weighted by Gasteiger charge is 2.13. The molecule has 0 bridgehead atoms. The summed E-state index contributed by atoms with van der Waals surface area (Å²) in [5.74, 6) is -0.456. The van der Waals surface area contributed by atoms with Gasteiger partial charge in [-0.2, -0.15) is 0 Å². The molecular formula is C15H28O6. The van der Waals surface area contributed by atoms with Crippen LogP contribution < -0.4 is 0 Å². The molecule has 1 unspecified atom stereocenters. The fourth-order valence-electron chi connectivity index (χ4n) is 2.37. The van der Waals surface area contributed by atoms with Crippen LogP contribution in [-0.2, 0) is 19.8 Å². The van der Waals surface area contributed by atoms with Crippen LogP contribution in [0.4, 0.5) is 0 Å². The molecule has 0 aromatic heterocycles. The summed E-state index contributed by atoms with van der Waals surface area (Å²) in [6.07, 6.45) is 8.97. The van der Waals surface area contributed by atoms with E-state index in [0.717, 1.165) is 51.4 Å². The van der Waals surface area contributed by atoms with E-state index in [2.05, 4.69) is 28.5 Å². The largest absolute Gasteiger partial charge is 0.478 e. The molecule has 1 atom stereocenters. The Balaban J connectivity index is 3.60. The maximum atomic E-state index is 10.8. The molecule has 0 aliphatic rings. The highest BCUT2D eigenvalue weighted by molar-refractivity contribution is 5.85. The molecule has 0 saturated carbocycles. The predicted molar refractivity (Wildman–Crippen MR) is 78.2 cm³/mol. The zero-order valence-electron chi connectivity index (χ0n) is 12.9. The van der Waals surface area contributed by atoms with Gasteiger partial charge in [-0.05, 0) is 28.8 Å². The average molecular weight is 304 g/mol. The molecule has 0 saturated heterocycles. The molecule has 6 heteroatoms. The Bertz CT molecular complexity index is 279. The van der Waals surface area contributed by atoms with E-state index in [1.807, 2.05) is 0 Å². The van der Waals surface area contributed by atoms with Crippen LogP contribution in [0.2, 0.25) is 0 Å². The van der Waals surface area contributed by atoms with E-state index in [-0.39, 0.29) is 0 Å². The first-order valence-electron chi connectivity index (χ1n) is 7.62. The third-order valence-corrected chi connectivity index (χ3v) is 3.45. The minimum absolute atomic E-state index is 0.316. The number of hydrogen-bond acceptors (Lipinski definition) is 5. The van der Waals surface area contributed by atoms with E-state index >= 15 is 0 Å². The van der Waals surface area contributed by atoms with E-state index in [4.69, 9.17) is 10.4 Å². The number of unbranched alkanes of at least 4 members (excludes halogenated alkanes) is 4. The normalized spacial score (nSPS) is 12.3. The third-order valence-electron chi connectivity index (χ3n) is 3.45. The minimum Gasteiger partial charge on any atom is -0.478 e. The van der Waals surface area contributed by atoms with Gasteiger partial charge in [-0.3, -0.25) is 0 Å². The second-order valence-corrected chi connectivity index (χ2v) is 5.29. The first-order valence-corrected chi connectivity index (χ1v) is 7.62. The molecule has 0 heterocycles. The summed E-state index contributed by atoms with van der Waals surface area (Å²) in [6.45, 7) is 6.12. The van der Waals surface area contributed by atoms with Gasteiger partial charge in [0, 0.05) is 5.57 Å². The third kappa shape index (κ3) is 12.5. The van der Waals surface area contributed by atoms with E-state index in [0.29, 0.717) is 24.5 Å². The maximum absolute atomic E-state index is 10.8. The van der Waals surface area contributed by atoms with Crippen molar-refractivity contribution in [3.05, 3.63) is 12.2 Å². The second-order valence-electron chi connectivity index (χ2n) is 5.29. The monoisotopic (exact) mass is 304 g/mol. The molecular weight excluding hydrogens is 276 g/mol. The Hall–Kier alpha value is -0.950. The van der Waals surface area contributed by atoms with Crippen molar-refractivity contribution in [3.63, 3.8) is 0 Å². The van der Waals surface area contributed by atoms with Crippen molar-refractivity contribution in [2.24, 2.45) is 5.92 Å². The highest BCUT2D eigenvalue weighted by Crippen LogP contribution is 2.23. The quantitative estimate of drug-likeness (QED) is 0.205. The Labute approximate surface area is 126 Å². The molecule has 0 aromatic rings. The lowest BCUT2D eigenvalue weighted by atomic mass is 9.90. The van der Waals surface area contributed by atoms with Crippen molar-refractivity contribution < 1.29 is 30.1 Å². The number of carbonyl (C=O) groups is 1. The molecule has 0 fully saturated rings. The number of carboxylic acid groups (broad SMARTS) is 1. The van der Waals surface area contributed by atoms with E-state index in [9.17, 15) is 4.79 Å². The molecule has 2 N–H and O–H groups in total. The van der Waals surface area contributed by atoms with Crippen molar-refractivity contribution in [2.45, 2.75) is 64.7 Å². The Morgan fingerprint density at radius 3 is 2.43 bits per heavy atom. The molecule has 21 heavy (non-hydrogen) atoms. The Morgan fingerprint density at radius 2 is 1.81 bits per heavy atom. The van der Waals surface area contributed by atoms with Crippen LogP contribution >= 0.6 is 0 Å². The van der Waals surface area contributed by atoms with Gasteiger partial charge < -0.3 is 5.11 Å². The van der Waals surface area contributed by atoms with Gasteiger partial charge in [-0.15, -0.1) is 0 Å². The lowest BCUT2D eigenvalue weighted by molar-refractivity contribution is -0.623. The summed E-state index contributed by atoms with van der Waals surface area (Å²) in [6, 6.07) is 0. The van der Waals surface area contributed by atoms with E-state index in [1.165, 1.54) is 0 Å². The lowest BCUT2D eigenvalue weighted by Crippen LogP contribution is -2.07. The van der Waals surface area contributed by atoms with E-state index in [1.54, 1.807) is 0 Å². The van der Waals surface area contributed by atoms with Crippen LogP contribution in [-0.4, -0.2) is 22.9 Å². The standard InChI is InChI=1S/C15H28O6/c1-3-9-14(12-13(2)15(16)17)10-7-5-4-6-8-11-19-21-20-18/h14,18H,2-12H2,1H3,(H,16,17). The summed E-state index contributed by atoms with van der Waals surface area (Å²) < 4.78 is 0. The van der Waals surface area contributed by atoms with Crippen LogP contribution in [0.5, 0.6) is 0 Å². The molecule has 0 radical (unpaired) electrons. The Kier molecular flexibility index (Phi) is 13.4. The van der Waals surface area contributed by atoms with Gasteiger partial charge in [-0.25, -0.2) is 14.9 Å². The van der Waals surface area contributed by atoms with E-state index < -0.39 is 5.97 Å². The molecule has 0 rings (SSSR count). The zero-order chi connectivity index (χ0) is 15.9. The van der Waals surface area contributed by atoms with Crippen molar-refractivity contribution in [3.8, 4) is 0 Å². The average Bonchev–Trinajstić information content (AvgIpc) is 2.45. The van der Waals surface area contributed by atoms with Crippen LogP contribution in [0.15, 0.2) is 12.2 Å². The first-order chi connectivity index (χ1) is 10.1. The fraction of sp³-hybridized carbons (Fsp3) is 0.800. The topological polar surface area (TPSA) is 85.2 Å². The van der Waals surface area contributed by atoms with Crippen LogP contribution in [0.25, 0.3) is 0 Å². The number of aliphatic carboxylic acids is 1. The van der Waals surface area contributed by atoms with Crippen molar-refractivity contribution in [1.29, 1.82) is 0 Å². The van der Waals surface area contributed by atoms with Gasteiger partial charge in [0.2, 0.25) is 0 Å². The second kappa shape index (κ2) is 14.0.